The smallest absolute Gasteiger partial charge is 0.341 e. The highest BCUT2D eigenvalue weighted by molar-refractivity contribution is 6.53. The molecule has 0 saturated carbocycles. The first-order valence-corrected chi connectivity index (χ1v) is 4.44. The standard InChI is InChI=1S/C4H8N4O4Si/c1-5-9-13(10-6-2,11-7-3)12-8-4/h1-4H2. The molecule has 0 atom stereocenters. The lowest BCUT2D eigenvalue weighted by Gasteiger charge is -2.14. The third-order valence-electron chi connectivity index (χ3n) is 0.705. The quantitative estimate of drug-likeness (QED) is 0.315. The molecule has 0 aliphatic rings. The van der Waals surface area contributed by atoms with Gasteiger partial charge in [-0.15, -0.1) is 20.6 Å². The van der Waals surface area contributed by atoms with Crippen LogP contribution in [-0.2, 0) is 18.1 Å². The number of hydrogen-bond donors (Lipinski definition) is 0. The van der Waals surface area contributed by atoms with Gasteiger partial charge in [0.1, 0.15) is 0 Å². The average molecular weight is 204 g/mol. The van der Waals surface area contributed by atoms with Gasteiger partial charge in [0, 0.05) is 26.9 Å². The number of rotatable bonds is 8. The van der Waals surface area contributed by atoms with Crippen molar-refractivity contribution in [2.24, 2.45) is 20.6 Å². The van der Waals surface area contributed by atoms with Crippen LogP contribution in [0, 0.1) is 0 Å². The van der Waals surface area contributed by atoms with Crippen LogP contribution in [0.4, 0.5) is 0 Å². The Morgan fingerprint density at radius 1 is 0.615 bits per heavy atom. The van der Waals surface area contributed by atoms with Crippen LogP contribution >= 0.6 is 0 Å². The fourth-order valence-electron chi connectivity index (χ4n) is 0.416. The van der Waals surface area contributed by atoms with Crippen LogP contribution in [0.2, 0.25) is 0 Å². The Kier molecular flexibility index (Phi) is 4.87. The lowest BCUT2D eigenvalue weighted by Crippen LogP contribution is -2.43. The summed E-state index contributed by atoms with van der Waals surface area (Å²) in [7, 11) is -3.71. The highest BCUT2D eigenvalue weighted by atomic mass is 28.4. The van der Waals surface area contributed by atoms with Gasteiger partial charge in [0.05, 0.1) is 0 Å². The van der Waals surface area contributed by atoms with Gasteiger partial charge in [0.2, 0.25) is 0 Å². The maximum absolute atomic E-state index is 4.54. The molecule has 0 rings (SSSR count). The molecule has 0 fully saturated rings. The van der Waals surface area contributed by atoms with Crippen molar-refractivity contribution < 1.29 is 18.1 Å². The van der Waals surface area contributed by atoms with Crippen LogP contribution < -0.4 is 0 Å². The first-order chi connectivity index (χ1) is 6.24. The fourth-order valence-corrected chi connectivity index (χ4v) is 1.25. The van der Waals surface area contributed by atoms with Crippen molar-refractivity contribution in [1.29, 1.82) is 0 Å². The Bertz CT molecular complexity index is 165. The number of oxime groups is 4. The molecule has 8 nitrogen and oxygen atoms in total. The predicted molar refractivity (Wildman–Crippen MR) is 48.3 cm³/mol. The van der Waals surface area contributed by atoms with E-state index in [1.807, 2.05) is 0 Å². The molecule has 0 unspecified atom stereocenters. The highest BCUT2D eigenvalue weighted by Gasteiger charge is 2.62. The van der Waals surface area contributed by atoms with Crippen LogP contribution in [0.1, 0.15) is 0 Å². The second kappa shape index (κ2) is 5.71. The fraction of sp³-hybridized carbons (Fsp3) is 0. The van der Waals surface area contributed by atoms with E-state index >= 15 is 0 Å². The predicted octanol–water partition coefficient (Wildman–Crippen LogP) is -0.0492. The van der Waals surface area contributed by atoms with Gasteiger partial charge in [-0.25, -0.2) is 0 Å². The summed E-state index contributed by atoms with van der Waals surface area (Å²) in [6.07, 6.45) is 0. The van der Waals surface area contributed by atoms with Gasteiger partial charge < -0.3 is 18.1 Å². The Hall–Kier alpha value is -1.90. The van der Waals surface area contributed by atoms with Crippen molar-refractivity contribution in [2.75, 3.05) is 0 Å². The largest absolute Gasteiger partial charge is 1.05 e. The second-order valence-corrected chi connectivity index (χ2v) is 3.11. The van der Waals surface area contributed by atoms with Crippen molar-refractivity contribution in [3.8, 4) is 0 Å². The lowest BCUT2D eigenvalue weighted by atomic mass is 11.8. The average Bonchev–Trinajstić information content (AvgIpc) is 2.06. The van der Waals surface area contributed by atoms with Gasteiger partial charge in [-0.1, -0.05) is 0 Å². The first-order valence-electron chi connectivity index (χ1n) is 2.81. The van der Waals surface area contributed by atoms with Crippen LogP contribution in [0.3, 0.4) is 0 Å². The number of hydrogen-bond acceptors (Lipinski definition) is 8. The highest BCUT2D eigenvalue weighted by Crippen LogP contribution is 2.12. The summed E-state index contributed by atoms with van der Waals surface area (Å²) in [6.45, 7) is 12.1. The molecule has 0 N–H and O–H groups in total. The summed E-state index contributed by atoms with van der Waals surface area (Å²) in [5.74, 6) is 0. The molecule has 0 aromatic carbocycles. The molecular weight excluding hydrogens is 196 g/mol. The Morgan fingerprint density at radius 3 is 1.00 bits per heavy atom. The zero-order valence-corrected chi connectivity index (χ0v) is 7.75. The summed E-state index contributed by atoms with van der Waals surface area (Å²) >= 11 is 0. The van der Waals surface area contributed by atoms with Crippen molar-refractivity contribution >= 4 is 35.9 Å². The molecule has 0 aromatic heterocycles. The third-order valence-corrected chi connectivity index (χ3v) is 2.12. The zero-order valence-electron chi connectivity index (χ0n) is 6.75. The van der Waals surface area contributed by atoms with E-state index in [-0.39, 0.29) is 0 Å². The van der Waals surface area contributed by atoms with E-state index in [0.29, 0.717) is 0 Å². The molecule has 13 heavy (non-hydrogen) atoms. The first kappa shape index (κ1) is 11.1. The van der Waals surface area contributed by atoms with Crippen molar-refractivity contribution in [3.05, 3.63) is 0 Å². The van der Waals surface area contributed by atoms with E-state index in [0.717, 1.165) is 0 Å². The topological polar surface area (TPSA) is 86.4 Å². The van der Waals surface area contributed by atoms with E-state index in [1.165, 1.54) is 0 Å². The Morgan fingerprint density at radius 2 is 0.846 bits per heavy atom. The van der Waals surface area contributed by atoms with E-state index in [9.17, 15) is 0 Å². The van der Waals surface area contributed by atoms with Gasteiger partial charge in [-0.05, 0) is 0 Å². The minimum Gasteiger partial charge on any atom is -0.341 e. The van der Waals surface area contributed by atoms with Gasteiger partial charge in [0.15, 0.2) is 0 Å². The molecular formula is C4H8N4O4Si. The van der Waals surface area contributed by atoms with Crippen molar-refractivity contribution in [2.45, 2.75) is 0 Å². The molecule has 9 heteroatoms. The maximum Gasteiger partial charge on any atom is 1.05 e. The molecule has 0 heterocycles. The van der Waals surface area contributed by atoms with Gasteiger partial charge in [-0.2, -0.15) is 0 Å². The molecule has 72 valence electrons. The van der Waals surface area contributed by atoms with Gasteiger partial charge >= 0.3 is 9.05 Å². The maximum atomic E-state index is 4.54. The van der Waals surface area contributed by atoms with Crippen molar-refractivity contribution in [3.63, 3.8) is 0 Å². The molecule has 0 spiro atoms. The Balaban J connectivity index is 4.53. The molecule has 0 radical (unpaired) electrons. The summed E-state index contributed by atoms with van der Waals surface area (Å²) in [4.78, 5) is 0. The summed E-state index contributed by atoms with van der Waals surface area (Å²) in [5.41, 5.74) is 0. The normalized spacial score (nSPS) is 9.23. The Labute approximate surface area is 75.6 Å². The summed E-state index contributed by atoms with van der Waals surface area (Å²) in [6, 6.07) is 0. The molecule has 0 aromatic rings. The van der Waals surface area contributed by atoms with Crippen LogP contribution in [0.15, 0.2) is 20.6 Å². The molecule has 0 saturated heterocycles. The van der Waals surface area contributed by atoms with Gasteiger partial charge in [-0.3, -0.25) is 0 Å². The minimum atomic E-state index is -3.71. The van der Waals surface area contributed by atoms with Crippen LogP contribution in [-0.4, -0.2) is 35.9 Å². The number of nitrogens with zero attached hydrogens (tertiary/aromatic N) is 4. The van der Waals surface area contributed by atoms with Crippen LogP contribution in [0.25, 0.3) is 0 Å². The molecule has 0 amide bonds. The lowest BCUT2D eigenvalue weighted by molar-refractivity contribution is -0.0290. The van der Waals surface area contributed by atoms with E-state index in [1.54, 1.807) is 0 Å². The molecule has 0 aliphatic heterocycles. The van der Waals surface area contributed by atoms with Gasteiger partial charge in [0.25, 0.3) is 0 Å². The van der Waals surface area contributed by atoms with Crippen LogP contribution in [0.5, 0.6) is 0 Å². The van der Waals surface area contributed by atoms with Crippen molar-refractivity contribution in [1.82, 2.24) is 0 Å². The SMILES string of the molecule is C=NO[Si](ON=C)(ON=C)ON=C. The third kappa shape index (κ3) is 3.33. The van der Waals surface area contributed by atoms with E-state index in [2.05, 4.69) is 65.6 Å². The minimum absolute atomic E-state index is 3.03. The summed E-state index contributed by atoms with van der Waals surface area (Å²) in [5, 5.41) is 12.1. The zero-order chi connectivity index (χ0) is 10.2. The second-order valence-electron chi connectivity index (χ2n) is 1.38. The van der Waals surface area contributed by atoms with E-state index < -0.39 is 9.05 Å². The monoisotopic (exact) mass is 204 g/mol. The molecule has 0 bridgehead atoms. The molecule has 0 aliphatic carbocycles. The van der Waals surface area contributed by atoms with E-state index in [4.69, 9.17) is 0 Å². The summed E-state index contributed by atoms with van der Waals surface area (Å²) < 4.78 is 18.1.